The molecule has 1 aliphatic carbocycles. The molecule has 5 nitrogen and oxygen atoms in total. The predicted molar refractivity (Wildman–Crippen MR) is 88.9 cm³/mol. The molecule has 0 spiro atoms. The summed E-state index contributed by atoms with van der Waals surface area (Å²) in [4.78, 5) is 16.5. The quantitative estimate of drug-likeness (QED) is 0.921. The van der Waals surface area contributed by atoms with Gasteiger partial charge >= 0.3 is 0 Å². The Balaban J connectivity index is 1.74. The number of carbonyl (C=O) groups excluding carboxylic acids is 1. The second-order valence-corrected chi connectivity index (χ2v) is 5.98. The number of ether oxygens (including phenoxy) is 2. The van der Waals surface area contributed by atoms with Gasteiger partial charge in [0.15, 0.2) is 6.61 Å². The first-order chi connectivity index (χ1) is 11.2. The summed E-state index contributed by atoms with van der Waals surface area (Å²) in [5, 5.41) is 3.88. The normalized spacial score (nSPS) is 14.9. The van der Waals surface area contributed by atoms with Gasteiger partial charge in [0.25, 0.3) is 5.91 Å². The minimum atomic E-state index is -0.0672. The lowest BCUT2D eigenvalue weighted by molar-refractivity contribution is -0.123. The van der Waals surface area contributed by atoms with Crippen molar-refractivity contribution in [1.82, 2.24) is 10.3 Å². The Hall–Kier alpha value is -2.30. The predicted octanol–water partition coefficient (Wildman–Crippen LogP) is 2.99. The third-order valence-corrected chi connectivity index (χ3v) is 4.19. The van der Waals surface area contributed by atoms with Crippen LogP contribution >= 0.6 is 0 Å². The van der Waals surface area contributed by atoms with Crippen molar-refractivity contribution in [2.24, 2.45) is 0 Å². The highest BCUT2D eigenvalue weighted by Gasteiger charge is 2.17. The van der Waals surface area contributed by atoms with Gasteiger partial charge in [-0.05, 0) is 38.0 Å². The van der Waals surface area contributed by atoms with E-state index in [1.807, 2.05) is 31.2 Å². The maximum absolute atomic E-state index is 12.0. The Morgan fingerprint density at radius 3 is 2.83 bits per heavy atom. The first kappa shape index (κ1) is 15.6. The van der Waals surface area contributed by atoms with Gasteiger partial charge in [-0.25, -0.2) is 0 Å². The molecule has 1 amide bonds. The molecule has 5 heteroatoms. The Labute approximate surface area is 136 Å². The molecule has 0 saturated heterocycles. The van der Waals surface area contributed by atoms with E-state index in [9.17, 15) is 4.79 Å². The second kappa shape index (κ2) is 6.86. The Morgan fingerprint density at radius 2 is 2.09 bits per heavy atom. The molecule has 2 aromatic rings. The van der Waals surface area contributed by atoms with Crippen molar-refractivity contribution in [3.63, 3.8) is 0 Å². The summed E-state index contributed by atoms with van der Waals surface area (Å²) >= 11 is 0. The van der Waals surface area contributed by atoms with Gasteiger partial charge < -0.3 is 14.8 Å². The average Bonchev–Trinajstić information content (AvgIpc) is 3.05. The SMILES string of the molecule is COc1ccc2nc(C)cc(OCC(=O)NC3CCCC3)c2c1. The highest BCUT2D eigenvalue weighted by atomic mass is 16.5. The van der Waals surface area contributed by atoms with E-state index in [1.165, 1.54) is 12.8 Å². The van der Waals surface area contributed by atoms with E-state index in [2.05, 4.69) is 10.3 Å². The molecule has 1 aromatic heterocycles. The number of aryl methyl sites for hydroxylation is 1. The van der Waals surface area contributed by atoms with E-state index in [0.717, 1.165) is 35.2 Å². The van der Waals surface area contributed by atoms with E-state index in [0.29, 0.717) is 11.8 Å². The molecule has 1 saturated carbocycles. The number of benzene rings is 1. The number of hydrogen-bond donors (Lipinski definition) is 1. The van der Waals surface area contributed by atoms with E-state index < -0.39 is 0 Å². The Morgan fingerprint density at radius 1 is 1.30 bits per heavy atom. The van der Waals surface area contributed by atoms with Crippen molar-refractivity contribution in [3.8, 4) is 11.5 Å². The lowest BCUT2D eigenvalue weighted by Crippen LogP contribution is -2.36. The highest BCUT2D eigenvalue weighted by Crippen LogP contribution is 2.29. The fourth-order valence-electron chi connectivity index (χ4n) is 3.03. The summed E-state index contributed by atoms with van der Waals surface area (Å²) in [6, 6.07) is 7.80. The van der Waals surface area contributed by atoms with Crippen LogP contribution in [0.2, 0.25) is 0 Å². The molecule has 1 aromatic carbocycles. The largest absolute Gasteiger partial charge is 0.497 e. The van der Waals surface area contributed by atoms with Crippen LogP contribution in [0, 0.1) is 6.92 Å². The molecule has 23 heavy (non-hydrogen) atoms. The van der Waals surface area contributed by atoms with Crippen LogP contribution in [0.3, 0.4) is 0 Å². The molecule has 1 fully saturated rings. The molecule has 1 heterocycles. The number of aromatic nitrogens is 1. The molecule has 0 radical (unpaired) electrons. The molecular weight excluding hydrogens is 292 g/mol. The van der Waals surface area contributed by atoms with Gasteiger partial charge in [-0.2, -0.15) is 0 Å². The minimum absolute atomic E-state index is 0.0201. The lowest BCUT2D eigenvalue weighted by Gasteiger charge is -2.14. The molecule has 0 unspecified atom stereocenters. The first-order valence-electron chi connectivity index (χ1n) is 8.03. The number of nitrogens with zero attached hydrogens (tertiary/aromatic N) is 1. The Kier molecular flexibility index (Phi) is 4.65. The molecule has 0 bridgehead atoms. The van der Waals surface area contributed by atoms with Crippen LogP contribution in [0.25, 0.3) is 10.9 Å². The van der Waals surface area contributed by atoms with Crippen LogP contribution in [-0.4, -0.2) is 30.6 Å². The number of amides is 1. The third kappa shape index (κ3) is 3.73. The second-order valence-electron chi connectivity index (χ2n) is 5.98. The number of rotatable bonds is 5. The van der Waals surface area contributed by atoms with Crippen LogP contribution in [0.1, 0.15) is 31.4 Å². The fourth-order valence-corrected chi connectivity index (χ4v) is 3.03. The molecule has 3 rings (SSSR count). The van der Waals surface area contributed by atoms with E-state index in [1.54, 1.807) is 7.11 Å². The number of methoxy groups -OCH3 is 1. The van der Waals surface area contributed by atoms with Crippen molar-refractivity contribution in [2.75, 3.05) is 13.7 Å². The van der Waals surface area contributed by atoms with Crippen LogP contribution in [0.15, 0.2) is 24.3 Å². The maximum atomic E-state index is 12.0. The maximum Gasteiger partial charge on any atom is 0.258 e. The zero-order valence-electron chi connectivity index (χ0n) is 13.6. The number of pyridine rings is 1. The van der Waals surface area contributed by atoms with Crippen LogP contribution in [-0.2, 0) is 4.79 Å². The average molecular weight is 314 g/mol. The van der Waals surface area contributed by atoms with Gasteiger partial charge in [0.1, 0.15) is 11.5 Å². The van der Waals surface area contributed by atoms with Crippen molar-refractivity contribution >= 4 is 16.8 Å². The monoisotopic (exact) mass is 314 g/mol. The molecule has 122 valence electrons. The van der Waals surface area contributed by atoms with Crippen LogP contribution in [0.4, 0.5) is 0 Å². The number of nitrogens with one attached hydrogen (secondary N) is 1. The summed E-state index contributed by atoms with van der Waals surface area (Å²) < 4.78 is 11.0. The minimum Gasteiger partial charge on any atom is -0.497 e. The molecule has 0 atom stereocenters. The molecule has 1 aliphatic rings. The highest BCUT2D eigenvalue weighted by molar-refractivity contribution is 5.87. The molecular formula is C18H22N2O3. The fraction of sp³-hybridized carbons (Fsp3) is 0.444. The number of fused-ring (bicyclic) bond motifs is 1. The van der Waals surface area contributed by atoms with Crippen molar-refractivity contribution < 1.29 is 14.3 Å². The van der Waals surface area contributed by atoms with Gasteiger partial charge in [0.2, 0.25) is 0 Å². The summed E-state index contributed by atoms with van der Waals surface area (Å²) in [6.45, 7) is 1.93. The molecule has 0 aliphatic heterocycles. The first-order valence-corrected chi connectivity index (χ1v) is 8.03. The van der Waals surface area contributed by atoms with Crippen molar-refractivity contribution in [2.45, 2.75) is 38.6 Å². The molecule has 1 N–H and O–H groups in total. The van der Waals surface area contributed by atoms with E-state index >= 15 is 0 Å². The van der Waals surface area contributed by atoms with Crippen molar-refractivity contribution in [1.29, 1.82) is 0 Å². The number of hydrogen-bond acceptors (Lipinski definition) is 4. The number of carbonyl (C=O) groups is 1. The topological polar surface area (TPSA) is 60.5 Å². The van der Waals surface area contributed by atoms with Gasteiger partial charge in [-0.15, -0.1) is 0 Å². The smallest absolute Gasteiger partial charge is 0.258 e. The summed E-state index contributed by atoms with van der Waals surface area (Å²) in [6.07, 6.45) is 4.53. The lowest BCUT2D eigenvalue weighted by atomic mass is 10.1. The van der Waals surface area contributed by atoms with Crippen LogP contribution < -0.4 is 14.8 Å². The zero-order valence-corrected chi connectivity index (χ0v) is 13.6. The summed E-state index contributed by atoms with van der Waals surface area (Å²) in [7, 11) is 1.62. The zero-order chi connectivity index (χ0) is 16.2. The van der Waals surface area contributed by atoms with Crippen LogP contribution in [0.5, 0.6) is 11.5 Å². The van der Waals surface area contributed by atoms with Gasteiger partial charge in [-0.1, -0.05) is 12.8 Å². The van der Waals surface area contributed by atoms with Crippen molar-refractivity contribution in [3.05, 3.63) is 30.0 Å². The van der Waals surface area contributed by atoms with Gasteiger partial charge in [-0.3, -0.25) is 9.78 Å². The third-order valence-electron chi connectivity index (χ3n) is 4.19. The summed E-state index contributed by atoms with van der Waals surface area (Å²) in [5.41, 5.74) is 1.69. The van der Waals surface area contributed by atoms with E-state index in [4.69, 9.17) is 9.47 Å². The Bertz CT molecular complexity index is 709. The van der Waals surface area contributed by atoms with Gasteiger partial charge in [0, 0.05) is 23.2 Å². The van der Waals surface area contributed by atoms with E-state index in [-0.39, 0.29) is 12.5 Å². The summed E-state index contributed by atoms with van der Waals surface area (Å²) in [5.74, 6) is 1.33. The van der Waals surface area contributed by atoms with Gasteiger partial charge in [0.05, 0.1) is 12.6 Å². The standard InChI is InChI=1S/C18H22N2O3/c1-12-9-17(15-10-14(22-2)7-8-16(15)19-12)23-11-18(21)20-13-5-3-4-6-13/h7-10,13H,3-6,11H2,1-2H3,(H,20,21).